The summed E-state index contributed by atoms with van der Waals surface area (Å²) in [5.41, 5.74) is -3.17. The van der Waals surface area contributed by atoms with Crippen LogP contribution in [0, 0.1) is 0 Å². The van der Waals surface area contributed by atoms with Crippen molar-refractivity contribution in [3.05, 3.63) is 29.8 Å². The van der Waals surface area contributed by atoms with Gasteiger partial charge in [0.2, 0.25) is 0 Å². The Bertz CT molecular complexity index is 565. The van der Waals surface area contributed by atoms with Crippen LogP contribution in [0.2, 0.25) is 0 Å². The maximum atomic E-state index is 10.9. The first-order valence-corrected chi connectivity index (χ1v) is 7.04. The molecule has 3 rings (SSSR count). The number of fused-ring (bicyclic) bond motifs is 1. The molecule has 6 nitrogen and oxygen atoms in total. The molecule has 0 radical (unpaired) electrons. The minimum absolute atomic E-state index is 0.192. The largest absolute Gasteiger partial charge is 0.387 e. The van der Waals surface area contributed by atoms with Crippen molar-refractivity contribution in [1.29, 1.82) is 0 Å². The van der Waals surface area contributed by atoms with Gasteiger partial charge in [-0.25, -0.2) is 0 Å². The summed E-state index contributed by atoms with van der Waals surface area (Å²) in [4.78, 5) is 4.07. The SMILES string of the molecule is OC(Br)[C@H]1OC[C@H](O)[C@@]1(O)C1(O)C=Nc2ccccc21. The summed E-state index contributed by atoms with van der Waals surface area (Å²) < 4.78 is 5.22. The van der Waals surface area contributed by atoms with Crippen LogP contribution in [-0.4, -0.2) is 56.1 Å². The van der Waals surface area contributed by atoms with Gasteiger partial charge in [0.1, 0.15) is 17.2 Å². The Morgan fingerprint density at radius 1 is 1.35 bits per heavy atom. The van der Waals surface area contributed by atoms with Crippen molar-refractivity contribution < 1.29 is 25.2 Å². The lowest BCUT2D eigenvalue weighted by atomic mass is 9.73. The number of hydrogen-bond donors (Lipinski definition) is 4. The van der Waals surface area contributed by atoms with E-state index in [1.165, 1.54) is 6.21 Å². The van der Waals surface area contributed by atoms with Crippen LogP contribution in [0.5, 0.6) is 0 Å². The molecule has 1 aromatic carbocycles. The van der Waals surface area contributed by atoms with Crippen LogP contribution >= 0.6 is 15.9 Å². The highest BCUT2D eigenvalue weighted by Gasteiger charge is 2.66. The molecule has 1 saturated heterocycles. The fourth-order valence-corrected chi connectivity index (χ4v) is 3.41. The minimum Gasteiger partial charge on any atom is -0.387 e. The highest BCUT2D eigenvalue weighted by molar-refractivity contribution is 9.09. The van der Waals surface area contributed by atoms with Crippen LogP contribution in [0.3, 0.4) is 0 Å². The third-order valence-electron chi connectivity index (χ3n) is 3.94. The number of hydrogen-bond acceptors (Lipinski definition) is 6. The standard InChI is InChI=1S/C13H14BrNO5/c14-11(17)10-13(19,9(16)5-20-10)12(18)6-15-8-4-2-1-3-7(8)12/h1-4,6,9-11,16-19H,5H2/t9-,10+,11?,12?,13-/m0/s1. The number of aliphatic imine (C=N–C) groups is 1. The van der Waals surface area contributed by atoms with Crippen molar-refractivity contribution in [3.63, 3.8) is 0 Å². The first-order valence-electron chi connectivity index (χ1n) is 6.12. The second-order valence-corrected chi connectivity index (χ2v) is 5.95. The number of rotatable bonds is 2. The quantitative estimate of drug-likeness (QED) is 0.557. The fraction of sp³-hybridized carbons (Fsp3) is 0.462. The lowest BCUT2D eigenvalue weighted by Gasteiger charge is -2.42. The highest BCUT2D eigenvalue weighted by atomic mass is 79.9. The molecular formula is C13H14BrNO5. The third-order valence-corrected chi connectivity index (χ3v) is 4.42. The van der Waals surface area contributed by atoms with Crippen LogP contribution in [0.4, 0.5) is 5.69 Å². The van der Waals surface area contributed by atoms with Gasteiger partial charge in [0.25, 0.3) is 0 Å². The van der Waals surface area contributed by atoms with E-state index in [0.717, 1.165) is 0 Å². The zero-order valence-electron chi connectivity index (χ0n) is 10.3. The summed E-state index contributed by atoms with van der Waals surface area (Å²) in [6.45, 7) is -0.192. The van der Waals surface area contributed by atoms with E-state index >= 15 is 0 Å². The van der Waals surface area contributed by atoms with Crippen molar-refractivity contribution >= 4 is 27.8 Å². The van der Waals surface area contributed by atoms with E-state index in [4.69, 9.17) is 4.74 Å². The molecule has 0 saturated carbocycles. The summed E-state index contributed by atoms with van der Waals surface area (Å²) >= 11 is 2.92. The smallest absolute Gasteiger partial charge is 0.161 e. The fourth-order valence-electron chi connectivity index (χ4n) is 2.86. The van der Waals surface area contributed by atoms with Crippen LogP contribution in [0.25, 0.3) is 0 Å². The van der Waals surface area contributed by atoms with Gasteiger partial charge in [-0.3, -0.25) is 4.99 Å². The van der Waals surface area contributed by atoms with Crippen molar-refractivity contribution in [1.82, 2.24) is 0 Å². The van der Waals surface area contributed by atoms with E-state index in [0.29, 0.717) is 11.3 Å². The molecule has 0 amide bonds. The van der Waals surface area contributed by atoms with Crippen LogP contribution in [0.1, 0.15) is 5.56 Å². The summed E-state index contributed by atoms with van der Waals surface area (Å²) in [5.74, 6) is 0. The molecule has 5 atom stereocenters. The van der Waals surface area contributed by atoms with Gasteiger partial charge in [-0.15, -0.1) is 0 Å². The molecule has 2 aliphatic rings. The van der Waals surface area contributed by atoms with E-state index in [1.807, 2.05) is 0 Å². The van der Waals surface area contributed by atoms with E-state index in [9.17, 15) is 20.4 Å². The van der Waals surface area contributed by atoms with E-state index in [1.54, 1.807) is 24.3 Å². The molecule has 20 heavy (non-hydrogen) atoms. The van der Waals surface area contributed by atoms with Gasteiger partial charge < -0.3 is 25.2 Å². The average molecular weight is 344 g/mol. The van der Waals surface area contributed by atoms with Crippen molar-refractivity contribution in [3.8, 4) is 0 Å². The number of aliphatic hydroxyl groups excluding tert-OH is 2. The zero-order chi connectivity index (χ0) is 14.5. The molecule has 4 N–H and O–H groups in total. The molecule has 0 bridgehead atoms. The Kier molecular flexibility index (Phi) is 3.24. The zero-order valence-corrected chi connectivity index (χ0v) is 11.9. The lowest BCUT2D eigenvalue weighted by molar-refractivity contribution is -0.187. The molecule has 2 heterocycles. The molecule has 2 aliphatic heterocycles. The van der Waals surface area contributed by atoms with E-state index < -0.39 is 28.4 Å². The molecule has 2 unspecified atom stereocenters. The monoisotopic (exact) mass is 343 g/mol. The number of benzene rings is 1. The second-order valence-electron chi connectivity index (χ2n) is 5.01. The molecule has 0 aliphatic carbocycles. The molecule has 0 aromatic heterocycles. The number of halogens is 1. The average Bonchev–Trinajstić information content (AvgIpc) is 2.92. The number of ether oxygens (including phenoxy) is 1. The maximum Gasteiger partial charge on any atom is 0.161 e. The Hall–Kier alpha value is -0.830. The molecular weight excluding hydrogens is 330 g/mol. The number of nitrogens with zero attached hydrogens (tertiary/aromatic N) is 1. The van der Waals surface area contributed by atoms with Gasteiger partial charge in [-0.1, -0.05) is 34.1 Å². The number of para-hydroxylation sites is 1. The van der Waals surface area contributed by atoms with Crippen LogP contribution < -0.4 is 0 Å². The molecule has 1 aromatic rings. The van der Waals surface area contributed by atoms with Crippen LogP contribution in [-0.2, 0) is 10.3 Å². The lowest BCUT2D eigenvalue weighted by Crippen LogP contribution is -2.64. The third kappa shape index (κ3) is 1.65. The highest BCUT2D eigenvalue weighted by Crippen LogP contribution is 2.48. The number of alkyl halides is 1. The molecule has 0 spiro atoms. The van der Waals surface area contributed by atoms with Crippen molar-refractivity contribution in [2.75, 3.05) is 6.61 Å². The topological polar surface area (TPSA) is 103 Å². The predicted molar refractivity (Wildman–Crippen MR) is 74.1 cm³/mol. The Morgan fingerprint density at radius 2 is 2.05 bits per heavy atom. The summed E-state index contributed by atoms with van der Waals surface area (Å²) in [6, 6.07) is 6.76. The van der Waals surface area contributed by atoms with Crippen LogP contribution in [0.15, 0.2) is 29.3 Å². The Balaban J connectivity index is 2.14. The molecule has 1 fully saturated rings. The second kappa shape index (κ2) is 4.59. The Labute approximate surface area is 123 Å². The maximum absolute atomic E-state index is 10.9. The normalized spacial score (nSPS) is 40.9. The first kappa shape index (κ1) is 14.1. The summed E-state index contributed by atoms with van der Waals surface area (Å²) in [6.07, 6.45) is -1.37. The molecule has 108 valence electrons. The summed E-state index contributed by atoms with van der Waals surface area (Å²) in [5, 5.41) is 40.4. The predicted octanol–water partition coefficient (Wildman–Crippen LogP) is -0.206. The van der Waals surface area contributed by atoms with Gasteiger partial charge in [0, 0.05) is 11.8 Å². The first-order chi connectivity index (χ1) is 9.41. The molecule has 7 heteroatoms. The van der Waals surface area contributed by atoms with Gasteiger partial charge in [-0.2, -0.15) is 0 Å². The summed E-state index contributed by atoms with van der Waals surface area (Å²) in [7, 11) is 0. The van der Waals surface area contributed by atoms with Crippen molar-refractivity contribution in [2.45, 2.75) is 28.4 Å². The van der Waals surface area contributed by atoms with E-state index in [-0.39, 0.29) is 6.61 Å². The van der Waals surface area contributed by atoms with Gasteiger partial charge in [-0.05, 0) is 6.07 Å². The Morgan fingerprint density at radius 3 is 2.75 bits per heavy atom. The van der Waals surface area contributed by atoms with E-state index in [2.05, 4.69) is 20.9 Å². The van der Waals surface area contributed by atoms with Gasteiger partial charge in [0.15, 0.2) is 11.2 Å². The van der Waals surface area contributed by atoms with Gasteiger partial charge in [0.05, 0.1) is 12.3 Å². The minimum atomic E-state index is -2.11. The van der Waals surface area contributed by atoms with Crippen molar-refractivity contribution in [2.24, 2.45) is 4.99 Å². The van der Waals surface area contributed by atoms with Gasteiger partial charge >= 0.3 is 0 Å². The number of aliphatic hydroxyl groups is 4.